The van der Waals surface area contributed by atoms with Crippen LogP contribution in [0.25, 0.3) is 0 Å². The predicted molar refractivity (Wildman–Crippen MR) is 54.9 cm³/mol. The molecule has 0 aliphatic rings. The molecular weight excluding hydrogens is 222 g/mol. The SMILES string of the molecule is C=C(CC=O)Cc1ccc(Cl)c(F)c1F. The Morgan fingerprint density at radius 2 is 2.07 bits per heavy atom. The lowest BCUT2D eigenvalue weighted by atomic mass is 10.0. The maximum atomic E-state index is 13.3. The molecule has 0 amide bonds. The van der Waals surface area contributed by atoms with Gasteiger partial charge in [-0.05, 0) is 18.1 Å². The van der Waals surface area contributed by atoms with E-state index in [2.05, 4.69) is 6.58 Å². The first-order valence-corrected chi connectivity index (χ1v) is 4.66. The fourth-order valence-corrected chi connectivity index (χ4v) is 1.31. The van der Waals surface area contributed by atoms with E-state index in [9.17, 15) is 13.6 Å². The molecule has 0 N–H and O–H groups in total. The van der Waals surface area contributed by atoms with Crippen molar-refractivity contribution in [2.24, 2.45) is 0 Å². The van der Waals surface area contributed by atoms with Gasteiger partial charge in [0.1, 0.15) is 6.29 Å². The molecule has 1 nitrogen and oxygen atoms in total. The van der Waals surface area contributed by atoms with Gasteiger partial charge in [-0.1, -0.05) is 29.8 Å². The second-order valence-electron chi connectivity index (χ2n) is 3.13. The smallest absolute Gasteiger partial charge is 0.177 e. The van der Waals surface area contributed by atoms with Crippen molar-refractivity contribution in [3.8, 4) is 0 Å². The summed E-state index contributed by atoms with van der Waals surface area (Å²) in [5.74, 6) is -2.04. The Kier molecular flexibility index (Phi) is 3.97. The summed E-state index contributed by atoms with van der Waals surface area (Å²) in [5.41, 5.74) is 0.689. The van der Waals surface area contributed by atoms with Crippen LogP contribution < -0.4 is 0 Å². The topological polar surface area (TPSA) is 17.1 Å². The maximum absolute atomic E-state index is 13.3. The zero-order chi connectivity index (χ0) is 11.4. The monoisotopic (exact) mass is 230 g/mol. The Balaban J connectivity index is 2.91. The third-order valence-electron chi connectivity index (χ3n) is 1.93. The van der Waals surface area contributed by atoms with Gasteiger partial charge < -0.3 is 4.79 Å². The Hall–Kier alpha value is -1.22. The van der Waals surface area contributed by atoms with Gasteiger partial charge in [-0.15, -0.1) is 0 Å². The van der Waals surface area contributed by atoms with Crippen molar-refractivity contribution in [1.29, 1.82) is 0 Å². The highest BCUT2D eigenvalue weighted by Gasteiger charge is 2.12. The number of carbonyl (C=O) groups excluding carboxylic acids is 1. The van der Waals surface area contributed by atoms with Crippen LogP contribution in [0.1, 0.15) is 12.0 Å². The predicted octanol–water partition coefficient (Wildman–Crippen LogP) is 3.31. The van der Waals surface area contributed by atoms with Crippen LogP contribution in [0, 0.1) is 11.6 Å². The van der Waals surface area contributed by atoms with E-state index >= 15 is 0 Å². The number of allylic oxidation sites excluding steroid dienone is 1. The molecule has 0 heterocycles. The molecule has 0 spiro atoms. The molecule has 0 saturated carbocycles. The van der Waals surface area contributed by atoms with E-state index in [4.69, 9.17) is 11.6 Å². The van der Waals surface area contributed by atoms with Gasteiger partial charge in [-0.3, -0.25) is 0 Å². The highest BCUT2D eigenvalue weighted by molar-refractivity contribution is 6.30. The van der Waals surface area contributed by atoms with E-state index in [1.54, 1.807) is 0 Å². The Bertz CT molecular complexity index is 402. The number of rotatable bonds is 4. The summed E-state index contributed by atoms with van der Waals surface area (Å²) in [6.07, 6.45) is 0.953. The Labute approximate surface area is 91.4 Å². The molecule has 1 rings (SSSR count). The largest absolute Gasteiger partial charge is 0.303 e. The summed E-state index contributed by atoms with van der Waals surface area (Å²) in [6.45, 7) is 3.58. The van der Waals surface area contributed by atoms with Crippen LogP contribution in [0.2, 0.25) is 5.02 Å². The van der Waals surface area contributed by atoms with Gasteiger partial charge >= 0.3 is 0 Å². The molecule has 1 aromatic carbocycles. The number of halogens is 3. The fraction of sp³-hybridized carbons (Fsp3) is 0.182. The van der Waals surface area contributed by atoms with Crippen LogP contribution in [0.4, 0.5) is 8.78 Å². The average molecular weight is 231 g/mol. The minimum Gasteiger partial charge on any atom is -0.303 e. The summed E-state index contributed by atoms with van der Waals surface area (Å²) in [5, 5.41) is -0.253. The summed E-state index contributed by atoms with van der Waals surface area (Å²) in [7, 11) is 0. The first-order valence-electron chi connectivity index (χ1n) is 4.29. The van der Waals surface area contributed by atoms with Gasteiger partial charge in [-0.25, -0.2) is 8.78 Å². The van der Waals surface area contributed by atoms with Crippen molar-refractivity contribution in [1.82, 2.24) is 0 Å². The average Bonchev–Trinajstić information content (AvgIpc) is 2.20. The minimum absolute atomic E-state index is 0.138. The number of hydrogen-bond donors (Lipinski definition) is 0. The number of carbonyl (C=O) groups is 1. The zero-order valence-corrected chi connectivity index (χ0v) is 8.65. The van der Waals surface area contributed by atoms with E-state index in [0.29, 0.717) is 11.9 Å². The van der Waals surface area contributed by atoms with Crippen molar-refractivity contribution in [2.75, 3.05) is 0 Å². The van der Waals surface area contributed by atoms with E-state index < -0.39 is 11.6 Å². The van der Waals surface area contributed by atoms with Crippen molar-refractivity contribution in [2.45, 2.75) is 12.8 Å². The maximum Gasteiger partial charge on any atom is 0.177 e. The molecule has 0 aromatic heterocycles. The molecule has 15 heavy (non-hydrogen) atoms. The molecule has 0 atom stereocenters. The fourth-order valence-electron chi connectivity index (χ4n) is 1.16. The summed E-state index contributed by atoms with van der Waals surface area (Å²) in [6, 6.07) is 2.67. The second kappa shape index (κ2) is 5.03. The summed E-state index contributed by atoms with van der Waals surface area (Å²) >= 11 is 5.39. The highest BCUT2D eigenvalue weighted by atomic mass is 35.5. The first kappa shape index (κ1) is 11.9. The molecule has 0 radical (unpaired) electrons. The zero-order valence-electron chi connectivity index (χ0n) is 7.90. The molecule has 80 valence electrons. The van der Waals surface area contributed by atoms with Gasteiger partial charge in [0, 0.05) is 6.42 Å². The quantitative estimate of drug-likeness (QED) is 0.441. The van der Waals surface area contributed by atoms with Crippen LogP contribution in [0.5, 0.6) is 0 Å². The van der Waals surface area contributed by atoms with Gasteiger partial charge in [0.25, 0.3) is 0 Å². The molecule has 1 aromatic rings. The Morgan fingerprint density at radius 3 is 2.67 bits per heavy atom. The minimum atomic E-state index is -1.06. The standard InChI is InChI=1S/C11H9ClF2O/c1-7(4-5-15)6-8-2-3-9(12)11(14)10(8)13/h2-3,5H,1,4,6H2. The Morgan fingerprint density at radius 1 is 1.40 bits per heavy atom. The van der Waals surface area contributed by atoms with Crippen LogP contribution in [-0.4, -0.2) is 6.29 Å². The highest BCUT2D eigenvalue weighted by Crippen LogP contribution is 2.22. The molecule has 0 fully saturated rings. The molecular formula is C11H9ClF2O. The molecule has 0 aliphatic carbocycles. The van der Waals surface area contributed by atoms with Crippen molar-refractivity contribution in [3.63, 3.8) is 0 Å². The first-order chi connectivity index (χ1) is 7.06. The van der Waals surface area contributed by atoms with Gasteiger partial charge in [0.2, 0.25) is 0 Å². The summed E-state index contributed by atoms with van der Waals surface area (Å²) < 4.78 is 26.3. The number of benzene rings is 1. The van der Waals surface area contributed by atoms with Crippen LogP contribution in [0.15, 0.2) is 24.3 Å². The van der Waals surface area contributed by atoms with Crippen molar-refractivity contribution < 1.29 is 13.6 Å². The molecule has 0 saturated heterocycles. The number of aldehydes is 1. The van der Waals surface area contributed by atoms with E-state index in [1.807, 2.05) is 0 Å². The van der Waals surface area contributed by atoms with Crippen LogP contribution in [0.3, 0.4) is 0 Å². The van der Waals surface area contributed by atoms with Crippen molar-refractivity contribution in [3.05, 3.63) is 46.5 Å². The van der Waals surface area contributed by atoms with E-state index in [-0.39, 0.29) is 23.4 Å². The third-order valence-corrected chi connectivity index (χ3v) is 2.22. The molecule has 0 bridgehead atoms. The summed E-state index contributed by atoms with van der Waals surface area (Å²) in [4.78, 5) is 10.2. The lowest BCUT2D eigenvalue weighted by molar-refractivity contribution is -0.107. The van der Waals surface area contributed by atoms with Gasteiger partial charge in [0.05, 0.1) is 5.02 Å². The van der Waals surface area contributed by atoms with Crippen molar-refractivity contribution >= 4 is 17.9 Å². The van der Waals surface area contributed by atoms with Gasteiger partial charge in [-0.2, -0.15) is 0 Å². The van der Waals surface area contributed by atoms with E-state index in [1.165, 1.54) is 12.1 Å². The van der Waals surface area contributed by atoms with Gasteiger partial charge in [0.15, 0.2) is 11.6 Å². The molecule has 0 aliphatic heterocycles. The number of hydrogen-bond acceptors (Lipinski definition) is 1. The molecule has 4 heteroatoms. The lowest BCUT2D eigenvalue weighted by Crippen LogP contribution is -1.97. The van der Waals surface area contributed by atoms with Crippen LogP contribution in [-0.2, 0) is 11.2 Å². The van der Waals surface area contributed by atoms with E-state index in [0.717, 1.165) is 0 Å². The second-order valence-corrected chi connectivity index (χ2v) is 3.54. The normalized spacial score (nSPS) is 10.1. The molecule has 0 unspecified atom stereocenters. The third kappa shape index (κ3) is 2.86. The van der Waals surface area contributed by atoms with Crippen LogP contribution >= 0.6 is 11.6 Å². The lowest BCUT2D eigenvalue weighted by Gasteiger charge is -2.05.